The zero-order valence-electron chi connectivity index (χ0n) is 17.2. The maximum Gasteiger partial charge on any atom is 0.258 e. The van der Waals surface area contributed by atoms with Crippen LogP contribution >= 0.6 is 11.6 Å². The van der Waals surface area contributed by atoms with Crippen molar-refractivity contribution in [1.29, 1.82) is 0 Å². The van der Waals surface area contributed by atoms with Gasteiger partial charge in [-0.3, -0.25) is 4.79 Å². The fourth-order valence-corrected chi connectivity index (χ4v) is 5.10. The quantitative estimate of drug-likeness (QED) is 0.477. The lowest BCUT2D eigenvalue weighted by molar-refractivity contribution is -0.124. The number of ether oxygens (including phenoxy) is 2. The Morgan fingerprint density at radius 3 is 2.68 bits per heavy atom. The average molecular weight is 466 g/mol. The van der Waals surface area contributed by atoms with Gasteiger partial charge in [0.15, 0.2) is 11.5 Å². The Hall–Kier alpha value is -2.62. The third-order valence-corrected chi connectivity index (χ3v) is 6.98. The van der Waals surface area contributed by atoms with Crippen LogP contribution in [0.3, 0.4) is 0 Å². The van der Waals surface area contributed by atoms with Crippen LogP contribution in [0.15, 0.2) is 52.5 Å². The average Bonchev–Trinajstić information content (AvgIpc) is 3.25. The summed E-state index contributed by atoms with van der Waals surface area (Å²) in [4.78, 5) is 12.8. The maximum atomic E-state index is 13.0. The number of benzene rings is 2. The number of nitrogens with one attached hydrogen (secondary N) is 1. The second-order valence-corrected chi connectivity index (χ2v) is 9.13. The minimum atomic E-state index is -3.81. The fraction of sp³-hybridized carbons (Fsp3) is 0.333. The van der Waals surface area contributed by atoms with Crippen molar-refractivity contribution < 1.29 is 22.7 Å². The van der Waals surface area contributed by atoms with Crippen molar-refractivity contribution in [2.24, 2.45) is 5.10 Å². The Balaban J connectivity index is 1.70. The first-order chi connectivity index (χ1) is 14.9. The first kappa shape index (κ1) is 23.1. The van der Waals surface area contributed by atoms with Crippen LogP contribution in [0.25, 0.3) is 0 Å². The van der Waals surface area contributed by atoms with Crippen molar-refractivity contribution in [3.8, 4) is 11.5 Å². The second kappa shape index (κ2) is 10.1. The molecule has 1 amide bonds. The molecule has 1 N–H and O–H groups in total. The molecule has 1 fully saturated rings. The number of hydrogen-bond acceptors (Lipinski definition) is 6. The Morgan fingerprint density at radius 1 is 1.26 bits per heavy atom. The molecular weight excluding hydrogens is 442 g/mol. The number of hydrogen-bond donors (Lipinski definition) is 1. The molecule has 0 aliphatic carbocycles. The minimum absolute atomic E-state index is 0.0989. The molecule has 1 atom stereocenters. The van der Waals surface area contributed by atoms with Crippen LogP contribution in [0.2, 0.25) is 5.02 Å². The fourth-order valence-electron chi connectivity index (χ4n) is 3.32. The molecule has 166 valence electrons. The summed E-state index contributed by atoms with van der Waals surface area (Å²) in [6.45, 7) is 2.61. The molecule has 0 radical (unpaired) electrons. The maximum absolute atomic E-state index is 13.0. The van der Waals surface area contributed by atoms with E-state index < -0.39 is 22.0 Å². The summed E-state index contributed by atoms with van der Waals surface area (Å²) in [6.07, 6.45) is 2.48. The van der Waals surface area contributed by atoms with Crippen LogP contribution in [-0.4, -0.2) is 51.1 Å². The van der Waals surface area contributed by atoms with Gasteiger partial charge in [-0.05, 0) is 67.8 Å². The molecule has 1 aliphatic rings. The van der Waals surface area contributed by atoms with Gasteiger partial charge in [-0.2, -0.15) is 9.41 Å². The topological polar surface area (TPSA) is 97.3 Å². The lowest BCUT2D eigenvalue weighted by Gasteiger charge is -2.22. The van der Waals surface area contributed by atoms with Crippen molar-refractivity contribution in [3.63, 3.8) is 0 Å². The van der Waals surface area contributed by atoms with E-state index in [9.17, 15) is 13.2 Å². The van der Waals surface area contributed by atoms with Gasteiger partial charge in [-0.15, -0.1) is 0 Å². The van der Waals surface area contributed by atoms with Crippen molar-refractivity contribution >= 4 is 33.7 Å². The van der Waals surface area contributed by atoms with Crippen LogP contribution in [-0.2, 0) is 14.8 Å². The Bertz CT molecular complexity index is 1060. The summed E-state index contributed by atoms with van der Waals surface area (Å²) >= 11 is 5.85. The number of amides is 1. The third kappa shape index (κ3) is 5.36. The first-order valence-corrected chi connectivity index (χ1v) is 11.6. The summed E-state index contributed by atoms with van der Waals surface area (Å²) in [7, 11) is -2.26. The van der Waals surface area contributed by atoms with E-state index in [0.717, 1.165) is 0 Å². The highest BCUT2D eigenvalue weighted by atomic mass is 35.5. The normalized spacial score (nSPS) is 17.1. The summed E-state index contributed by atoms with van der Waals surface area (Å²) in [5.41, 5.74) is 3.14. The standard InChI is InChI=1S/C21H24ClN3O5S/c1-3-30-20-13-15(6-11-19(20)29-2)14-23-24-21(26)18-5-4-12-25(18)31(27,28)17-9-7-16(22)8-10-17/h6-11,13-14,18H,3-5,12H2,1-2H3,(H,24,26)/b23-14-/t18-/m1/s1. The molecule has 31 heavy (non-hydrogen) atoms. The molecule has 0 spiro atoms. The molecule has 2 aromatic rings. The van der Waals surface area contributed by atoms with Crippen LogP contribution in [0, 0.1) is 0 Å². The van der Waals surface area contributed by atoms with Gasteiger partial charge >= 0.3 is 0 Å². The molecule has 0 saturated carbocycles. The van der Waals surface area contributed by atoms with Gasteiger partial charge < -0.3 is 9.47 Å². The highest BCUT2D eigenvalue weighted by molar-refractivity contribution is 7.89. The minimum Gasteiger partial charge on any atom is -0.493 e. The monoisotopic (exact) mass is 465 g/mol. The number of carbonyl (C=O) groups is 1. The molecule has 1 saturated heterocycles. The van der Waals surface area contributed by atoms with Gasteiger partial charge in [-0.25, -0.2) is 13.8 Å². The van der Waals surface area contributed by atoms with Crippen LogP contribution < -0.4 is 14.9 Å². The Kier molecular flexibility index (Phi) is 7.53. The number of halogens is 1. The van der Waals surface area contributed by atoms with Gasteiger partial charge in [0.1, 0.15) is 6.04 Å². The second-order valence-electron chi connectivity index (χ2n) is 6.81. The largest absolute Gasteiger partial charge is 0.493 e. The number of carbonyl (C=O) groups excluding carboxylic acids is 1. The van der Waals surface area contributed by atoms with E-state index in [2.05, 4.69) is 10.5 Å². The third-order valence-electron chi connectivity index (χ3n) is 4.80. The van der Waals surface area contributed by atoms with E-state index in [1.165, 1.54) is 34.8 Å². The summed E-state index contributed by atoms with van der Waals surface area (Å²) < 4.78 is 37.9. The van der Waals surface area contributed by atoms with Gasteiger partial charge in [-0.1, -0.05) is 11.6 Å². The molecule has 0 unspecified atom stereocenters. The highest BCUT2D eigenvalue weighted by Crippen LogP contribution is 2.28. The van der Waals surface area contributed by atoms with E-state index >= 15 is 0 Å². The smallest absolute Gasteiger partial charge is 0.258 e. The van der Waals surface area contributed by atoms with E-state index in [1.807, 2.05) is 6.92 Å². The van der Waals surface area contributed by atoms with E-state index in [-0.39, 0.29) is 11.4 Å². The lowest BCUT2D eigenvalue weighted by atomic mass is 10.2. The molecule has 1 heterocycles. The number of hydrazone groups is 1. The van der Waals surface area contributed by atoms with Gasteiger partial charge in [0.05, 0.1) is 24.8 Å². The van der Waals surface area contributed by atoms with E-state index in [4.69, 9.17) is 21.1 Å². The zero-order chi connectivity index (χ0) is 22.4. The molecular formula is C21H24ClN3O5S. The van der Waals surface area contributed by atoms with Gasteiger partial charge in [0, 0.05) is 11.6 Å². The number of rotatable bonds is 8. The Morgan fingerprint density at radius 2 is 2.00 bits per heavy atom. The van der Waals surface area contributed by atoms with Crippen molar-refractivity contribution in [3.05, 3.63) is 53.1 Å². The van der Waals surface area contributed by atoms with Crippen LogP contribution in [0.1, 0.15) is 25.3 Å². The van der Waals surface area contributed by atoms with Crippen LogP contribution in [0.4, 0.5) is 0 Å². The molecule has 0 bridgehead atoms. The number of sulfonamides is 1. The zero-order valence-corrected chi connectivity index (χ0v) is 18.8. The SMILES string of the molecule is CCOc1cc(/C=N\NC(=O)[C@H]2CCCN2S(=O)(=O)c2ccc(Cl)cc2)ccc1OC. The summed E-state index contributed by atoms with van der Waals surface area (Å²) in [5, 5.41) is 4.42. The first-order valence-electron chi connectivity index (χ1n) is 9.78. The number of nitrogens with zero attached hydrogens (tertiary/aromatic N) is 2. The van der Waals surface area contributed by atoms with Crippen molar-refractivity contribution in [1.82, 2.24) is 9.73 Å². The van der Waals surface area contributed by atoms with Gasteiger partial charge in [0.25, 0.3) is 5.91 Å². The molecule has 8 nitrogen and oxygen atoms in total. The van der Waals surface area contributed by atoms with Crippen LogP contribution in [0.5, 0.6) is 11.5 Å². The van der Waals surface area contributed by atoms with Gasteiger partial charge in [0.2, 0.25) is 10.0 Å². The molecule has 2 aromatic carbocycles. The van der Waals surface area contributed by atoms with E-state index in [1.54, 1.807) is 25.3 Å². The molecule has 10 heteroatoms. The Labute approximate surface area is 186 Å². The molecule has 1 aliphatic heterocycles. The highest BCUT2D eigenvalue weighted by Gasteiger charge is 2.39. The summed E-state index contributed by atoms with van der Waals surface area (Å²) in [6, 6.07) is 10.3. The summed E-state index contributed by atoms with van der Waals surface area (Å²) in [5.74, 6) is 0.679. The van der Waals surface area contributed by atoms with Crippen molar-refractivity contribution in [2.75, 3.05) is 20.3 Å². The lowest BCUT2D eigenvalue weighted by Crippen LogP contribution is -2.44. The predicted octanol–water partition coefficient (Wildman–Crippen LogP) is 3.05. The van der Waals surface area contributed by atoms with Crippen molar-refractivity contribution in [2.45, 2.75) is 30.7 Å². The molecule has 3 rings (SSSR count). The van der Waals surface area contributed by atoms with E-state index in [0.29, 0.717) is 41.5 Å². The number of methoxy groups -OCH3 is 1. The molecule has 0 aromatic heterocycles. The predicted molar refractivity (Wildman–Crippen MR) is 118 cm³/mol.